The number of carbonyl (C=O) groups is 1. The van der Waals surface area contributed by atoms with Gasteiger partial charge in [-0.25, -0.2) is 0 Å². The third kappa shape index (κ3) is 4.42. The van der Waals surface area contributed by atoms with Gasteiger partial charge in [-0.05, 0) is 30.5 Å². The average molecular weight is 378 g/mol. The van der Waals surface area contributed by atoms with Crippen LogP contribution in [0.5, 0.6) is 0 Å². The zero-order valence-corrected chi connectivity index (χ0v) is 14.6. The van der Waals surface area contributed by atoms with Crippen LogP contribution < -0.4 is 5.73 Å². The van der Waals surface area contributed by atoms with Crippen molar-refractivity contribution in [2.24, 2.45) is 11.1 Å². The summed E-state index contributed by atoms with van der Waals surface area (Å²) in [5.41, 5.74) is 6.55. The Hall–Kier alpha value is -0.620. The standard InChI is InChI=1S/C15H21BrN2O2.ClH/c1-18(10-12-2-4-13(16)5-3-12)14(19)15(11-17)6-8-20-9-7-15;/h2-5H,6-11,17H2,1H3;1H. The maximum absolute atomic E-state index is 12.7. The van der Waals surface area contributed by atoms with Crippen molar-refractivity contribution in [2.45, 2.75) is 19.4 Å². The summed E-state index contributed by atoms with van der Waals surface area (Å²) in [5.74, 6) is 0.131. The van der Waals surface area contributed by atoms with Crippen molar-refractivity contribution in [3.05, 3.63) is 34.3 Å². The number of hydrogen-bond acceptors (Lipinski definition) is 3. The Kier molecular flexibility index (Phi) is 7.13. The first-order chi connectivity index (χ1) is 9.57. The number of halogens is 2. The van der Waals surface area contributed by atoms with Gasteiger partial charge in [0.2, 0.25) is 5.91 Å². The van der Waals surface area contributed by atoms with Crippen LogP contribution in [0.25, 0.3) is 0 Å². The van der Waals surface area contributed by atoms with E-state index < -0.39 is 5.41 Å². The van der Waals surface area contributed by atoms with Crippen molar-refractivity contribution in [1.82, 2.24) is 4.90 Å². The predicted octanol–water partition coefficient (Wildman–Crippen LogP) is 2.58. The molecule has 0 aromatic heterocycles. The summed E-state index contributed by atoms with van der Waals surface area (Å²) in [5, 5.41) is 0. The summed E-state index contributed by atoms with van der Waals surface area (Å²) in [6.07, 6.45) is 1.43. The molecular formula is C15H22BrClN2O2. The Balaban J connectivity index is 0.00000220. The smallest absolute Gasteiger partial charge is 0.230 e. The fraction of sp³-hybridized carbons (Fsp3) is 0.533. The third-order valence-corrected chi connectivity index (χ3v) is 4.50. The number of nitrogens with two attached hydrogens (primary N) is 1. The van der Waals surface area contributed by atoms with Gasteiger partial charge in [-0.15, -0.1) is 12.4 Å². The molecule has 118 valence electrons. The van der Waals surface area contributed by atoms with E-state index in [4.69, 9.17) is 10.5 Å². The molecule has 1 amide bonds. The first-order valence-corrected chi connectivity index (χ1v) is 7.64. The zero-order valence-electron chi connectivity index (χ0n) is 12.2. The van der Waals surface area contributed by atoms with Gasteiger partial charge in [0.25, 0.3) is 0 Å². The first-order valence-electron chi connectivity index (χ1n) is 6.85. The minimum atomic E-state index is -0.442. The molecule has 0 saturated carbocycles. The van der Waals surface area contributed by atoms with Crippen LogP contribution in [0.1, 0.15) is 18.4 Å². The van der Waals surface area contributed by atoms with Crippen LogP contribution in [0.2, 0.25) is 0 Å². The summed E-state index contributed by atoms with van der Waals surface area (Å²) in [6.45, 7) is 2.23. The highest BCUT2D eigenvalue weighted by molar-refractivity contribution is 9.10. The highest BCUT2D eigenvalue weighted by atomic mass is 79.9. The number of ether oxygens (including phenoxy) is 1. The Bertz CT molecular complexity index is 461. The van der Waals surface area contributed by atoms with Crippen molar-refractivity contribution >= 4 is 34.2 Å². The predicted molar refractivity (Wildman–Crippen MR) is 89.4 cm³/mol. The second-order valence-electron chi connectivity index (χ2n) is 5.38. The minimum Gasteiger partial charge on any atom is -0.381 e. The van der Waals surface area contributed by atoms with Crippen molar-refractivity contribution in [2.75, 3.05) is 26.8 Å². The Labute approximate surface area is 140 Å². The monoisotopic (exact) mass is 376 g/mol. The average Bonchev–Trinajstić information content (AvgIpc) is 2.49. The largest absolute Gasteiger partial charge is 0.381 e. The van der Waals surface area contributed by atoms with E-state index in [-0.39, 0.29) is 18.3 Å². The molecule has 1 aliphatic rings. The van der Waals surface area contributed by atoms with Crippen molar-refractivity contribution in [3.8, 4) is 0 Å². The fourth-order valence-corrected chi connectivity index (χ4v) is 2.87. The van der Waals surface area contributed by atoms with E-state index in [2.05, 4.69) is 15.9 Å². The summed E-state index contributed by atoms with van der Waals surface area (Å²) in [4.78, 5) is 14.5. The van der Waals surface area contributed by atoms with Crippen LogP contribution in [0.4, 0.5) is 0 Å². The van der Waals surface area contributed by atoms with Gasteiger partial charge >= 0.3 is 0 Å². The quantitative estimate of drug-likeness (QED) is 0.877. The van der Waals surface area contributed by atoms with Gasteiger partial charge in [-0.1, -0.05) is 28.1 Å². The molecule has 21 heavy (non-hydrogen) atoms. The van der Waals surface area contributed by atoms with Gasteiger partial charge < -0.3 is 15.4 Å². The maximum Gasteiger partial charge on any atom is 0.230 e. The van der Waals surface area contributed by atoms with E-state index in [0.29, 0.717) is 39.1 Å². The van der Waals surface area contributed by atoms with Crippen LogP contribution in [-0.2, 0) is 16.1 Å². The Morgan fingerprint density at radius 3 is 2.43 bits per heavy atom. The molecule has 0 radical (unpaired) electrons. The van der Waals surface area contributed by atoms with E-state index in [1.807, 2.05) is 31.3 Å². The lowest BCUT2D eigenvalue weighted by molar-refractivity contribution is -0.146. The summed E-state index contributed by atoms with van der Waals surface area (Å²) in [6, 6.07) is 8.02. The summed E-state index contributed by atoms with van der Waals surface area (Å²) in [7, 11) is 1.84. The maximum atomic E-state index is 12.7. The molecule has 0 aliphatic carbocycles. The lowest BCUT2D eigenvalue weighted by atomic mass is 9.79. The Morgan fingerprint density at radius 2 is 1.90 bits per heavy atom. The van der Waals surface area contributed by atoms with Gasteiger partial charge in [0.1, 0.15) is 0 Å². The molecule has 4 nitrogen and oxygen atoms in total. The van der Waals surface area contributed by atoms with Gasteiger partial charge in [-0.3, -0.25) is 4.79 Å². The first kappa shape index (κ1) is 18.4. The van der Waals surface area contributed by atoms with Gasteiger partial charge in [0.15, 0.2) is 0 Å². The third-order valence-electron chi connectivity index (χ3n) is 3.97. The zero-order chi connectivity index (χ0) is 14.6. The molecule has 1 heterocycles. The van der Waals surface area contributed by atoms with Crippen molar-refractivity contribution in [3.63, 3.8) is 0 Å². The number of nitrogens with zero attached hydrogens (tertiary/aromatic N) is 1. The lowest BCUT2D eigenvalue weighted by Crippen LogP contribution is -2.49. The Morgan fingerprint density at radius 1 is 1.33 bits per heavy atom. The SMILES string of the molecule is CN(Cc1ccc(Br)cc1)C(=O)C1(CN)CCOCC1.Cl. The molecule has 1 aromatic rings. The number of rotatable bonds is 4. The van der Waals surface area contributed by atoms with Gasteiger partial charge in [-0.2, -0.15) is 0 Å². The van der Waals surface area contributed by atoms with Gasteiger partial charge in [0, 0.05) is 37.8 Å². The normalized spacial score (nSPS) is 16.9. The van der Waals surface area contributed by atoms with E-state index in [1.54, 1.807) is 4.90 Å². The highest BCUT2D eigenvalue weighted by Crippen LogP contribution is 2.31. The summed E-state index contributed by atoms with van der Waals surface area (Å²) >= 11 is 3.41. The second-order valence-corrected chi connectivity index (χ2v) is 6.30. The molecule has 1 fully saturated rings. The topological polar surface area (TPSA) is 55.6 Å². The number of amides is 1. The van der Waals surface area contributed by atoms with Crippen LogP contribution in [-0.4, -0.2) is 37.6 Å². The van der Waals surface area contributed by atoms with Crippen LogP contribution in [0, 0.1) is 5.41 Å². The minimum absolute atomic E-state index is 0. The molecule has 6 heteroatoms. The second kappa shape index (κ2) is 8.13. The van der Waals surface area contributed by atoms with E-state index in [1.165, 1.54) is 0 Å². The molecule has 0 bridgehead atoms. The molecule has 1 aliphatic heterocycles. The number of benzene rings is 1. The van der Waals surface area contributed by atoms with E-state index >= 15 is 0 Å². The molecule has 0 spiro atoms. The molecule has 0 atom stereocenters. The molecule has 1 saturated heterocycles. The van der Waals surface area contributed by atoms with Crippen molar-refractivity contribution < 1.29 is 9.53 Å². The summed E-state index contributed by atoms with van der Waals surface area (Å²) < 4.78 is 6.40. The van der Waals surface area contributed by atoms with Crippen LogP contribution >= 0.6 is 28.3 Å². The van der Waals surface area contributed by atoms with Gasteiger partial charge in [0.05, 0.1) is 5.41 Å². The van der Waals surface area contributed by atoms with E-state index in [9.17, 15) is 4.79 Å². The van der Waals surface area contributed by atoms with E-state index in [0.717, 1.165) is 10.0 Å². The lowest BCUT2D eigenvalue weighted by Gasteiger charge is -2.37. The molecular weight excluding hydrogens is 356 g/mol. The molecule has 1 aromatic carbocycles. The highest BCUT2D eigenvalue weighted by Gasteiger charge is 2.40. The molecule has 0 unspecified atom stereocenters. The molecule has 2 N–H and O–H groups in total. The number of hydrogen-bond donors (Lipinski definition) is 1. The number of carbonyl (C=O) groups excluding carboxylic acids is 1. The van der Waals surface area contributed by atoms with Crippen LogP contribution in [0.15, 0.2) is 28.7 Å². The molecule has 2 rings (SSSR count). The van der Waals surface area contributed by atoms with Crippen molar-refractivity contribution in [1.29, 1.82) is 0 Å². The fourth-order valence-electron chi connectivity index (χ4n) is 2.61. The van der Waals surface area contributed by atoms with Crippen LogP contribution in [0.3, 0.4) is 0 Å².